The van der Waals surface area contributed by atoms with Gasteiger partial charge in [-0.2, -0.15) is 0 Å². The van der Waals surface area contributed by atoms with Gasteiger partial charge in [0.25, 0.3) is 0 Å². The van der Waals surface area contributed by atoms with Crippen molar-refractivity contribution in [1.29, 1.82) is 0 Å². The molecule has 1 unspecified atom stereocenters. The molecule has 1 N–H and O–H groups in total. The molecule has 0 bridgehead atoms. The average Bonchev–Trinajstić information content (AvgIpc) is 2.79. The number of nitrogens with zero attached hydrogens (tertiary/aromatic N) is 1. The van der Waals surface area contributed by atoms with Crippen LogP contribution in [0.1, 0.15) is 19.3 Å². The standard InChI is InChI=1S/C12H22N2O/c1-2-4-15-12(3-1)9-14-7-10-5-13-6-11(10)8-14/h10-13H,1-9H2/t10-,11+,12?. The van der Waals surface area contributed by atoms with E-state index in [-0.39, 0.29) is 0 Å². The Morgan fingerprint density at radius 2 is 1.93 bits per heavy atom. The van der Waals surface area contributed by atoms with Crippen molar-refractivity contribution in [2.75, 3.05) is 39.3 Å². The second-order valence-electron chi connectivity index (χ2n) is 5.39. The molecule has 3 fully saturated rings. The molecule has 0 aromatic carbocycles. The zero-order valence-corrected chi connectivity index (χ0v) is 9.45. The van der Waals surface area contributed by atoms with Crippen molar-refractivity contribution in [2.24, 2.45) is 11.8 Å². The molecule has 3 heteroatoms. The van der Waals surface area contributed by atoms with E-state index in [1.807, 2.05) is 0 Å². The van der Waals surface area contributed by atoms with Gasteiger partial charge in [0.15, 0.2) is 0 Å². The summed E-state index contributed by atoms with van der Waals surface area (Å²) >= 11 is 0. The van der Waals surface area contributed by atoms with E-state index in [9.17, 15) is 0 Å². The summed E-state index contributed by atoms with van der Waals surface area (Å²) in [5, 5.41) is 3.49. The normalized spacial score (nSPS) is 42.0. The van der Waals surface area contributed by atoms with Crippen LogP contribution in [0, 0.1) is 11.8 Å². The quantitative estimate of drug-likeness (QED) is 0.726. The lowest BCUT2D eigenvalue weighted by molar-refractivity contribution is -0.00290. The van der Waals surface area contributed by atoms with Crippen molar-refractivity contribution in [1.82, 2.24) is 10.2 Å². The van der Waals surface area contributed by atoms with Crippen LogP contribution in [-0.4, -0.2) is 50.3 Å². The fourth-order valence-electron chi connectivity index (χ4n) is 3.34. The monoisotopic (exact) mass is 210 g/mol. The second-order valence-corrected chi connectivity index (χ2v) is 5.39. The maximum atomic E-state index is 5.80. The van der Waals surface area contributed by atoms with Crippen LogP contribution in [0.25, 0.3) is 0 Å². The van der Waals surface area contributed by atoms with Crippen molar-refractivity contribution in [3.8, 4) is 0 Å². The van der Waals surface area contributed by atoms with Gasteiger partial charge in [-0.3, -0.25) is 0 Å². The predicted molar refractivity (Wildman–Crippen MR) is 59.9 cm³/mol. The Morgan fingerprint density at radius 3 is 2.60 bits per heavy atom. The fourth-order valence-corrected chi connectivity index (χ4v) is 3.34. The van der Waals surface area contributed by atoms with E-state index in [1.165, 1.54) is 52.0 Å². The summed E-state index contributed by atoms with van der Waals surface area (Å²) in [6.07, 6.45) is 4.45. The third-order valence-corrected chi connectivity index (χ3v) is 4.20. The minimum absolute atomic E-state index is 0.533. The lowest BCUT2D eigenvalue weighted by Crippen LogP contribution is -2.36. The van der Waals surface area contributed by atoms with Crippen molar-refractivity contribution < 1.29 is 4.74 Å². The Balaban J connectivity index is 1.48. The van der Waals surface area contributed by atoms with Gasteiger partial charge in [-0.25, -0.2) is 0 Å². The SMILES string of the molecule is C1CCC(CN2C[C@H]3CNC[C@H]3C2)OC1. The highest BCUT2D eigenvalue weighted by molar-refractivity contribution is 4.91. The molecule has 0 amide bonds. The number of fused-ring (bicyclic) bond motifs is 1. The third kappa shape index (κ3) is 2.19. The van der Waals surface area contributed by atoms with E-state index in [0.29, 0.717) is 6.10 Å². The number of hydrogen-bond acceptors (Lipinski definition) is 3. The Morgan fingerprint density at radius 1 is 1.13 bits per heavy atom. The first-order valence-corrected chi connectivity index (χ1v) is 6.46. The maximum Gasteiger partial charge on any atom is 0.0702 e. The van der Waals surface area contributed by atoms with Crippen molar-refractivity contribution in [3.63, 3.8) is 0 Å². The zero-order chi connectivity index (χ0) is 10.1. The Kier molecular flexibility index (Phi) is 2.95. The number of rotatable bonds is 2. The maximum absolute atomic E-state index is 5.80. The summed E-state index contributed by atoms with van der Waals surface area (Å²) in [5.41, 5.74) is 0. The molecule has 3 heterocycles. The van der Waals surface area contributed by atoms with E-state index >= 15 is 0 Å². The highest BCUT2D eigenvalue weighted by Crippen LogP contribution is 2.27. The summed E-state index contributed by atoms with van der Waals surface area (Å²) in [7, 11) is 0. The summed E-state index contributed by atoms with van der Waals surface area (Å²) in [6, 6.07) is 0. The first kappa shape index (κ1) is 10.1. The lowest BCUT2D eigenvalue weighted by Gasteiger charge is -2.27. The van der Waals surface area contributed by atoms with Gasteiger partial charge in [0.05, 0.1) is 6.10 Å². The Labute approximate surface area is 92.2 Å². The first-order valence-electron chi connectivity index (χ1n) is 6.46. The largest absolute Gasteiger partial charge is 0.377 e. The van der Waals surface area contributed by atoms with Gasteiger partial charge in [0.1, 0.15) is 0 Å². The lowest BCUT2D eigenvalue weighted by atomic mass is 10.0. The van der Waals surface area contributed by atoms with E-state index in [2.05, 4.69) is 10.2 Å². The summed E-state index contributed by atoms with van der Waals surface area (Å²) < 4.78 is 5.80. The Bertz CT molecular complexity index is 204. The van der Waals surface area contributed by atoms with Crippen LogP contribution >= 0.6 is 0 Å². The molecular weight excluding hydrogens is 188 g/mol. The molecule has 0 aromatic rings. The zero-order valence-electron chi connectivity index (χ0n) is 9.45. The second kappa shape index (κ2) is 4.40. The minimum atomic E-state index is 0.533. The topological polar surface area (TPSA) is 24.5 Å². The van der Waals surface area contributed by atoms with Crippen molar-refractivity contribution in [3.05, 3.63) is 0 Å². The minimum Gasteiger partial charge on any atom is -0.377 e. The van der Waals surface area contributed by atoms with Gasteiger partial charge in [0.2, 0.25) is 0 Å². The molecule has 3 nitrogen and oxygen atoms in total. The molecule has 3 aliphatic rings. The van der Waals surface area contributed by atoms with Crippen LogP contribution in [0.15, 0.2) is 0 Å². The molecule has 15 heavy (non-hydrogen) atoms. The van der Waals surface area contributed by atoms with Crippen molar-refractivity contribution >= 4 is 0 Å². The van der Waals surface area contributed by atoms with Crippen LogP contribution in [0.2, 0.25) is 0 Å². The molecule has 3 aliphatic heterocycles. The average molecular weight is 210 g/mol. The summed E-state index contributed by atoms with van der Waals surface area (Å²) in [6.45, 7) is 7.27. The molecule has 3 atom stereocenters. The van der Waals surface area contributed by atoms with Gasteiger partial charge < -0.3 is 15.0 Å². The predicted octanol–water partition coefficient (Wildman–Crippen LogP) is 0.707. The summed E-state index contributed by atoms with van der Waals surface area (Å²) in [5.74, 6) is 1.85. The fraction of sp³-hybridized carbons (Fsp3) is 1.00. The molecule has 0 aliphatic carbocycles. The number of hydrogen-bond donors (Lipinski definition) is 1. The number of nitrogens with one attached hydrogen (secondary N) is 1. The van der Waals surface area contributed by atoms with Gasteiger partial charge >= 0.3 is 0 Å². The highest BCUT2D eigenvalue weighted by Gasteiger charge is 2.36. The van der Waals surface area contributed by atoms with Crippen molar-refractivity contribution in [2.45, 2.75) is 25.4 Å². The Hall–Kier alpha value is -0.120. The molecular formula is C12H22N2O. The molecule has 86 valence electrons. The van der Waals surface area contributed by atoms with Crippen LogP contribution in [0.5, 0.6) is 0 Å². The van der Waals surface area contributed by atoms with E-state index in [0.717, 1.165) is 18.4 Å². The van der Waals surface area contributed by atoms with E-state index < -0.39 is 0 Å². The van der Waals surface area contributed by atoms with Gasteiger partial charge in [-0.1, -0.05) is 0 Å². The number of ether oxygens (including phenoxy) is 1. The van der Waals surface area contributed by atoms with E-state index in [4.69, 9.17) is 4.74 Å². The van der Waals surface area contributed by atoms with Crippen LogP contribution in [0.4, 0.5) is 0 Å². The summed E-state index contributed by atoms with van der Waals surface area (Å²) in [4.78, 5) is 2.63. The molecule has 0 aromatic heterocycles. The number of likely N-dealkylation sites (tertiary alicyclic amines) is 1. The van der Waals surface area contributed by atoms with Crippen LogP contribution < -0.4 is 5.32 Å². The molecule has 0 saturated carbocycles. The third-order valence-electron chi connectivity index (χ3n) is 4.20. The van der Waals surface area contributed by atoms with Gasteiger partial charge in [-0.05, 0) is 44.2 Å². The molecule has 0 radical (unpaired) electrons. The molecule has 3 saturated heterocycles. The van der Waals surface area contributed by atoms with Crippen LogP contribution in [-0.2, 0) is 4.74 Å². The van der Waals surface area contributed by atoms with Crippen LogP contribution in [0.3, 0.4) is 0 Å². The van der Waals surface area contributed by atoms with Gasteiger partial charge in [0, 0.05) is 26.2 Å². The van der Waals surface area contributed by atoms with Gasteiger partial charge in [-0.15, -0.1) is 0 Å². The highest BCUT2D eigenvalue weighted by atomic mass is 16.5. The molecule has 0 spiro atoms. The smallest absolute Gasteiger partial charge is 0.0702 e. The first-order chi connectivity index (χ1) is 7.42. The molecule has 3 rings (SSSR count). The van der Waals surface area contributed by atoms with E-state index in [1.54, 1.807) is 0 Å².